The number of ether oxygens (including phenoxy) is 3. The number of rotatable bonds is 8. The minimum atomic E-state index is -0.598. The van der Waals surface area contributed by atoms with Crippen molar-refractivity contribution in [2.45, 2.75) is 30.7 Å². The minimum absolute atomic E-state index is 0.00178. The highest BCUT2D eigenvalue weighted by molar-refractivity contribution is 6.30. The van der Waals surface area contributed by atoms with Crippen LogP contribution in [0.4, 0.5) is 4.39 Å². The number of benzene rings is 1. The summed E-state index contributed by atoms with van der Waals surface area (Å²) < 4.78 is 35.2. The van der Waals surface area contributed by atoms with E-state index in [2.05, 4.69) is 20.5 Å². The van der Waals surface area contributed by atoms with E-state index in [9.17, 15) is 9.18 Å². The Labute approximate surface area is 193 Å². The molecule has 3 aromatic rings. The number of amides is 1. The highest BCUT2D eigenvalue weighted by Crippen LogP contribution is 2.59. The van der Waals surface area contributed by atoms with Gasteiger partial charge in [0.25, 0.3) is 5.91 Å². The van der Waals surface area contributed by atoms with Crippen LogP contribution in [0, 0.1) is 11.7 Å². The lowest BCUT2D eigenvalue weighted by atomic mass is 9.69. The average molecular weight is 475 g/mol. The second-order valence-corrected chi connectivity index (χ2v) is 8.61. The number of hydrogen-bond acceptors (Lipinski definition) is 8. The summed E-state index contributed by atoms with van der Waals surface area (Å²) in [7, 11) is 1.53. The fourth-order valence-electron chi connectivity index (χ4n) is 4.49. The Balaban J connectivity index is 1.15. The molecule has 9 nitrogen and oxygen atoms in total. The summed E-state index contributed by atoms with van der Waals surface area (Å²) in [6.07, 6.45) is 3.90. The second-order valence-electron chi connectivity index (χ2n) is 8.20. The SMILES string of the molecule is COc1ccc(Oc2nnc(C34CC(C3)C(NC(=O)COc3ccc(Cl)c(F)c3)C4)o2)cn1. The molecular weight excluding hydrogens is 455 g/mol. The first kappa shape index (κ1) is 21.4. The molecular formula is C22H20ClFN4O5. The molecule has 1 aromatic carbocycles. The number of carbonyl (C=O) groups is 1. The Kier molecular flexibility index (Phi) is 5.53. The quantitative estimate of drug-likeness (QED) is 0.526. The van der Waals surface area contributed by atoms with Crippen LogP contribution >= 0.6 is 11.6 Å². The van der Waals surface area contributed by atoms with E-state index in [1.165, 1.54) is 25.4 Å². The Morgan fingerprint density at radius 1 is 1.24 bits per heavy atom. The van der Waals surface area contributed by atoms with E-state index in [0.29, 0.717) is 29.9 Å². The largest absolute Gasteiger partial charge is 0.484 e. The van der Waals surface area contributed by atoms with Crippen LogP contribution in [-0.2, 0) is 10.2 Å². The van der Waals surface area contributed by atoms with Crippen LogP contribution < -0.4 is 19.5 Å². The van der Waals surface area contributed by atoms with E-state index < -0.39 is 5.82 Å². The maximum absolute atomic E-state index is 13.5. The lowest BCUT2D eigenvalue weighted by Crippen LogP contribution is -2.39. The zero-order valence-corrected chi connectivity index (χ0v) is 18.3. The Morgan fingerprint density at radius 2 is 2.06 bits per heavy atom. The molecule has 3 aliphatic carbocycles. The smallest absolute Gasteiger partial charge is 0.420 e. The molecule has 0 saturated heterocycles. The maximum Gasteiger partial charge on any atom is 0.420 e. The van der Waals surface area contributed by atoms with Crippen molar-refractivity contribution in [1.82, 2.24) is 20.5 Å². The topological polar surface area (TPSA) is 109 Å². The molecule has 2 aromatic heterocycles. The zero-order chi connectivity index (χ0) is 23.0. The third kappa shape index (κ3) is 4.30. The van der Waals surface area contributed by atoms with Gasteiger partial charge in [-0.15, -0.1) is 5.10 Å². The fourth-order valence-corrected chi connectivity index (χ4v) is 4.61. The molecule has 11 heteroatoms. The van der Waals surface area contributed by atoms with Gasteiger partial charge in [0, 0.05) is 18.2 Å². The lowest BCUT2D eigenvalue weighted by Gasteiger charge is -2.34. The highest BCUT2D eigenvalue weighted by Gasteiger charge is 2.60. The van der Waals surface area contributed by atoms with Gasteiger partial charge in [-0.3, -0.25) is 4.79 Å². The van der Waals surface area contributed by atoms with E-state index in [1.807, 2.05) is 0 Å². The summed E-state index contributed by atoms with van der Waals surface area (Å²) in [5, 5.41) is 11.1. The standard InChI is InChI=1S/C22H20ClFN4O5/c1-30-19-5-3-14(10-25-19)32-21-28-27-20(33-21)22-7-12(8-22)17(9-22)26-18(29)11-31-13-2-4-15(23)16(24)6-13/h2-6,10,12,17H,7-9,11H2,1H3,(H,26,29). The molecule has 1 unspecified atom stereocenters. The molecule has 6 rings (SSSR count). The van der Waals surface area contributed by atoms with E-state index in [1.54, 1.807) is 12.1 Å². The van der Waals surface area contributed by atoms with Crippen molar-refractivity contribution >= 4 is 17.5 Å². The summed E-state index contributed by atoms with van der Waals surface area (Å²) in [5.74, 6) is 1.11. The van der Waals surface area contributed by atoms with Crippen molar-refractivity contribution < 1.29 is 27.8 Å². The predicted octanol–water partition coefficient (Wildman–Crippen LogP) is 3.67. The van der Waals surface area contributed by atoms with Gasteiger partial charge >= 0.3 is 6.08 Å². The third-order valence-corrected chi connectivity index (χ3v) is 6.38. The van der Waals surface area contributed by atoms with Crippen molar-refractivity contribution in [3.8, 4) is 23.5 Å². The molecule has 33 heavy (non-hydrogen) atoms. The van der Waals surface area contributed by atoms with Crippen molar-refractivity contribution in [1.29, 1.82) is 0 Å². The number of halogens is 2. The molecule has 0 aliphatic heterocycles. The lowest BCUT2D eigenvalue weighted by molar-refractivity contribution is -0.124. The number of carbonyl (C=O) groups excluding carboxylic acids is 1. The number of methoxy groups -OCH3 is 1. The first-order chi connectivity index (χ1) is 15.9. The van der Waals surface area contributed by atoms with Crippen LogP contribution in [0.5, 0.6) is 23.5 Å². The van der Waals surface area contributed by atoms with Gasteiger partial charge < -0.3 is 23.9 Å². The van der Waals surface area contributed by atoms with Gasteiger partial charge in [0.15, 0.2) is 12.4 Å². The predicted molar refractivity (Wildman–Crippen MR) is 113 cm³/mol. The number of nitrogens with one attached hydrogen (secondary N) is 1. The maximum atomic E-state index is 13.5. The van der Waals surface area contributed by atoms with Crippen LogP contribution in [0.25, 0.3) is 0 Å². The van der Waals surface area contributed by atoms with E-state index in [-0.39, 0.29) is 40.8 Å². The van der Waals surface area contributed by atoms with Crippen molar-refractivity contribution in [3.63, 3.8) is 0 Å². The van der Waals surface area contributed by atoms with E-state index in [4.69, 9.17) is 30.2 Å². The summed E-state index contributed by atoms with van der Waals surface area (Å²) in [5.41, 5.74) is -0.268. The molecule has 1 amide bonds. The van der Waals surface area contributed by atoms with Gasteiger partial charge in [-0.05, 0) is 43.4 Å². The summed E-state index contributed by atoms with van der Waals surface area (Å²) in [4.78, 5) is 16.4. The first-order valence-electron chi connectivity index (χ1n) is 10.3. The molecule has 1 N–H and O–H groups in total. The van der Waals surface area contributed by atoms with Crippen LogP contribution in [0.1, 0.15) is 25.2 Å². The van der Waals surface area contributed by atoms with Gasteiger partial charge in [-0.2, -0.15) is 0 Å². The van der Waals surface area contributed by atoms with E-state index >= 15 is 0 Å². The van der Waals surface area contributed by atoms with Gasteiger partial charge in [-0.25, -0.2) is 9.37 Å². The van der Waals surface area contributed by atoms with Gasteiger partial charge in [0.1, 0.15) is 11.6 Å². The number of nitrogens with zero attached hydrogens (tertiary/aromatic N) is 3. The molecule has 2 bridgehead atoms. The summed E-state index contributed by atoms with van der Waals surface area (Å²) in [6.45, 7) is -0.217. The van der Waals surface area contributed by atoms with Crippen LogP contribution in [0.2, 0.25) is 5.02 Å². The molecule has 0 radical (unpaired) electrons. The zero-order valence-electron chi connectivity index (χ0n) is 17.6. The Bertz CT molecular complexity index is 1170. The summed E-state index contributed by atoms with van der Waals surface area (Å²) >= 11 is 5.65. The molecule has 0 spiro atoms. The minimum Gasteiger partial charge on any atom is -0.484 e. The van der Waals surface area contributed by atoms with Crippen LogP contribution in [-0.4, -0.2) is 40.8 Å². The monoisotopic (exact) mass is 474 g/mol. The third-order valence-electron chi connectivity index (χ3n) is 6.08. The molecule has 2 heterocycles. The Hall–Kier alpha value is -3.40. The van der Waals surface area contributed by atoms with Crippen LogP contribution in [0.3, 0.4) is 0 Å². The fraction of sp³-hybridized carbons (Fsp3) is 0.364. The van der Waals surface area contributed by atoms with Gasteiger partial charge in [0.2, 0.25) is 11.8 Å². The molecule has 172 valence electrons. The molecule has 3 aliphatic rings. The van der Waals surface area contributed by atoms with E-state index in [0.717, 1.165) is 18.9 Å². The number of hydrogen-bond donors (Lipinski definition) is 1. The second kappa shape index (κ2) is 8.51. The molecule has 3 saturated carbocycles. The number of fused-ring (bicyclic) bond motifs is 1. The van der Waals surface area contributed by atoms with Crippen LogP contribution in [0.15, 0.2) is 40.9 Å². The van der Waals surface area contributed by atoms with Crippen molar-refractivity contribution in [3.05, 3.63) is 53.3 Å². The highest BCUT2D eigenvalue weighted by atomic mass is 35.5. The van der Waals surface area contributed by atoms with Gasteiger partial charge in [0.05, 0.1) is 23.7 Å². The van der Waals surface area contributed by atoms with Crippen molar-refractivity contribution in [2.75, 3.05) is 13.7 Å². The van der Waals surface area contributed by atoms with Gasteiger partial charge in [-0.1, -0.05) is 16.7 Å². The average Bonchev–Trinajstić information content (AvgIpc) is 3.48. The number of aromatic nitrogens is 3. The normalized spacial score (nSPS) is 23.0. The molecule has 3 fully saturated rings. The number of pyridine rings is 1. The summed E-state index contributed by atoms with van der Waals surface area (Å²) in [6, 6.07) is 7.37. The molecule has 1 atom stereocenters. The first-order valence-corrected chi connectivity index (χ1v) is 10.7. The Morgan fingerprint density at radius 3 is 2.79 bits per heavy atom. The van der Waals surface area contributed by atoms with Crippen molar-refractivity contribution in [2.24, 2.45) is 5.92 Å².